The Morgan fingerprint density at radius 3 is 2.83 bits per heavy atom. The van der Waals surface area contributed by atoms with Crippen molar-refractivity contribution in [3.63, 3.8) is 0 Å². The van der Waals surface area contributed by atoms with Crippen LogP contribution >= 0.6 is 22.9 Å². The molecule has 0 radical (unpaired) electrons. The molecule has 0 spiro atoms. The van der Waals surface area contributed by atoms with Crippen molar-refractivity contribution in [2.45, 2.75) is 31.8 Å². The number of carbonyl (C=O) groups is 1. The second kappa shape index (κ2) is 11.2. The zero-order valence-electron chi connectivity index (χ0n) is 20.0. The number of halogens is 3. The molecule has 3 aromatic rings. The van der Waals surface area contributed by atoms with Crippen LogP contribution in [0.2, 0.25) is 5.02 Å². The number of hydrogen-bond acceptors (Lipinski definition) is 7. The van der Waals surface area contributed by atoms with Gasteiger partial charge in [-0.1, -0.05) is 23.7 Å². The van der Waals surface area contributed by atoms with E-state index >= 15 is 0 Å². The third kappa shape index (κ3) is 6.00. The molecule has 1 aliphatic heterocycles. The monoisotopic (exact) mass is 535 g/mol. The summed E-state index contributed by atoms with van der Waals surface area (Å²) in [6, 6.07) is 7.50. The highest BCUT2D eigenvalue weighted by Crippen LogP contribution is 2.40. The molecule has 3 heterocycles. The van der Waals surface area contributed by atoms with Gasteiger partial charge in [-0.25, -0.2) is 18.7 Å². The molecule has 192 valence electrons. The summed E-state index contributed by atoms with van der Waals surface area (Å²) in [6.45, 7) is 1.29. The predicted octanol–water partition coefficient (Wildman–Crippen LogP) is 5.05. The lowest BCUT2D eigenvalue weighted by atomic mass is 9.71. The quantitative estimate of drug-likeness (QED) is 0.396. The van der Waals surface area contributed by atoms with Gasteiger partial charge in [0.15, 0.2) is 5.13 Å². The molecule has 11 heteroatoms. The molecule has 2 aromatic heterocycles. The lowest BCUT2D eigenvalue weighted by molar-refractivity contribution is -0.154. The number of thiazole rings is 1. The van der Waals surface area contributed by atoms with E-state index in [2.05, 4.69) is 20.2 Å². The van der Waals surface area contributed by atoms with Gasteiger partial charge in [-0.2, -0.15) is 0 Å². The van der Waals surface area contributed by atoms with Crippen molar-refractivity contribution in [1.82, 2.24) is 19.8 Å². The molecule has 0 amide bonds. The molecule has 2 N–H and O–H groups in total. The van der Waals surface area contributed by atoms with E-state index in [0.717, 1.165) is 0 Å². The van der Waals surface area contributed by atoms with Crippen molar-refractivity contribution in [1.29, 1.82) is 0 Å². The number of carboxylic acids is 1. The molecule has 4 rings (SSSR count). The fourth-order valence-electron chi connectivity index (χ4n) is 4.75. The van der Waals surface area contributed by atoms with Gasteiger partial charge in [-0.15, -0.1) is 11.3 Å². The summed E-state index contributed by atoms with van der Waals surface area (Å²) in [7, 11) is 3.81. The molecule has 1 aromatic carbocycles. The van der Waals surface area contributed by atoms with Crippen molar-refractivity contribution < 1.29 is 18.7 Å². The van der Waals surface area contributed by atoms with Gasteiger partial charge in [0.2, 0.25) is 0 Å². The SMILES string of the molecule is CN(C)CC1CC(Cc2nc(Nc3nccs3)ccc2F)(C(=O)O)CCN1Cc1cccc(Cl)c1F. The van der Waals surface area contributed by atoms with Crippen molar-refractivity contribution in [2.24, 2.45) is 5.41 Å². The number of hydrogen-bond donors (Lipinski definition) is 2. The van der Waals surface area contributed by atoms with Crippen LogP contribution in [-0.2, 0) is 17.8 Å². The minimum atomic E-state index is -1.21. The molecule has 0 aliphatic carbocycles. The number of pyridine rings is 1. The maximum Gasteiger partial charge on any atom is 0.310 e. The van der Waals surface area contributed by atoms with Crippen LogP contribution in [0.25, 0.3) is 0 Å². The van der Waals surface area contributed by atoms with E-state index in [0.29, 0.717) is 36.1 Å². The zero-order valence-corrected chi connectivity index (χ0v) is 21.6. The van der Waals surface area contributed by atoms with E-state index < -0.39 is 23.0 Å². The molecule has 36 heavy (non-hydrogen) atoms. The number of aliphatic carboxylic acids is 1. The molecular formula is C25H28ClF2N5O2S. The number of anilines is 2. The third-order valence-corrected chi connectivity index (χ3v) is 7.53. The normalized spacial score (nSPS) is 20.6. The first-order valence-corrected chi connectivity index (χ1v) is 12.8. The molecule has 2 atom stereocenters. The Bertz CT molecular complexity index is 1210. The largest absolute Gasteiger partial charge is 0.481 e. The number of nitrogens with one attached hydrogen (secondary N) is 1. The van der Waals surface area contributed by atoms with Gasteiger partial charge in [-0.3, -0.25) is 9.69 Å². The Kier molecular flexibility index (Phi) is 8.19. The Labute approximate surface area is 217 Å². The van der Waals surface area contributed by atoms with Gasteiger partial charge in [0.25, 0.3) is 0 Å². The lowest BCUT2D eigenvalue weighted by Crippen LogP contribution is -2.54. The van der Waals surface area contributed by atoms with Crippen molar-refractivity contribution >= 4 is 39.9 Å². The van der Waals surface area contributed by atoms with Gasteiger partial charge in [0, 0.05) is 42.7 Å². The van der Waals surface area contributed by atoms with Gasteiger partial charge in [-0.05, 0) is 51.7 Å². The van der Waals surface area contributed by atoms with Crippen LogP contribution in [0.1, 0.15) is 24.1 Å². The predicted molar refractivity (Wildman–Crippen MR) is 137 cm³/mol. The van der Waals surface area contributed by atoms with E-state index in [1.54, 1.807) is 23.7 Å². The first-order chi connectivity index (χ1) is 17.2. The van der Waals surface area contributed by atoms with Crippen molar-refractivity contribution in [3.05, 3.63) is 69.8 Å². The maximum absolute atomic E-state index is 14.8. The Hall–Kier alpha value is -2.66. The number of likely N-dealkylation sites (N-methyl/N-ethyl adjacent to an activating group) is 1. The molecular weight excluding hydrogens is 508 g/mol. The number of nitrogens with zero attached hydrogens (tertiary/aromatic N) is 4. The zero-order chi connectivity index (χ0) is 25.9. The lowest BCUT2D eigenvalue weighted by Gasteiger charge is -2.45. The summed E-state index contributed by atoms with van der Waals surface area (Å²) in [5, 5.41) is 15.8. The average molecular weight is 536 g/mol. The second-order valence-corrected chi connectivity index (χ2v) is 10.7. The van der Waals surface area contributed by atoms with E-state index in [4.69, 9.17) is 11.6 Å². The van der Waals surface area contributed by atoms with Crippen LogP contribution in [0, 0.1) is 17.0 Å². The minimum absolute atomic E-state index is 0.0507. The van der Waals surface area contributed by atoms with E-state index in [1.807, 2.05) is 19.0 Å². The van der Waals surface area contributed by atoms with E-state index in [9.17, 15) is 18.7 Å². The van der Waals surface area contributed by atoms with E-state index in [1.165, 1.54) is 29.5 Å². The van der Waals surface area contributed by atoms with Crippen LogP contribution in [0.15, 0.2) is 41.9 Å². The summed E-state index contributed by atoms with van der Waals surface area (Å²) in [5.74, 6) is -1.60. The highest BCUT2D eigenvalue weighted by molar-refractivity contribution is 7.13. The van der Waals surface area contributed by atoms with Crippen LogP contribution < -0.4 is 5.32 Å². The van der Waals surface area contributed by atoms with Crippen LogP contribution in [0.5, 0.6) is 0 Å². The third-order valence-electron chi connectivity index (χ3n) is 6.55. The molecule has 2 unspecified atom stereocenters. The highest BCUT2D eigenvalue weighted by atomic mass is 35.5. The maximum atomic E-state index is 14.8. The molecule has 1 aliphatic rings. The number of likely N-dealkylation sites (tertiary alicyclic amines) is 1. The summed E-state index contributed by atoms with van der Waals surface area (Å²) < 4.78 is 29.4. The van der Waals surface area contributed by atoms with Crippen molar-refractivity contribution in [3.8, 4) is 0 Å². The Morgan fingerprint density at radius 2 is 2.14 bits per heavy atom. The summed E-state index contributed by atoms with van der Waals surface area (Å²) in [4.78, 5) is 25.2. The van der Waals surface area contributed by atoms with Crippen LogP contribution in [0.4, 0.5) is 19.7 Å². The number of aromatic nitrogens is 2. The highest BCUT2D eigenvalue weighted by Gasteiger charge is 2.46. The molecule has 0 saturated carbocycles. The number of benzene rings is 1. The molecule has 7 nitrogen and oxygen atoms in total. The standard InChI is InChI=1S/C25H28ClF2N5O2S/c1-32(2)15-17-12-25(23(34)35,8-10-33(17)14-16-4-3-5-18(26)22(16)28)13-20-19(27)6-7-21(30-20)31-24-29-9-11-36-24/h3-7,9,11,17H,8,10,12-15H2,1-2H3,(H,34,35)(H,29,30,31). The average Bonchev–Trinajstić information content (AvgIpc) is 3.33. The second-order valence-electron chi connectivity index (χ2n) is 9.40. The smallest absolute Gasteiger partial charge is 0.310 e. The number of rotatable bonds is 9. The number of piperidine rings is 1. The van der Waals surface area contributed by atoms with Gasteiger partial charge < -0.3 is 15.3 Å². The van der Waals surface area contributed by atoms with Crippen LogP contribution in [0.3, 0.4) is 0 Å². The fraction of sp³-hybridized carbons (Fsp3) is 0.400. The van der Waals surface area contributed by atoms with Gasteiger partial charge in [0.05, 0.1) is 16.1 Å². The first kappa shape index (κ1) is 26.4. The Balaban J connectivity index is 1.59. The van der Waals surface area contributed by atoms with Gasteiger partial charge in [0.1, 0.15) is 17.5 Å². The van der Waals surface area contributed by atoms with Crippen LogP contribution in [-0.4, -0.2) is 64.1 Å². The van der Waals surface area contributed by atoms with Gasteiger partial charge >= 0.3 is 5.97 Å². The van der Waals surface area contributed by atoms with E-state index in [-0.39, 0.29) is 36.0 Å². The summed E-state index contributed by atoms with van der Waals surface area (Å²) >= 11 is 7.35. The molecule has 1 saturated heterocycles. The topological polar surface area (TPSA) is 81.6 Å². The number of carboxylic acid groups (broad SMARTS) is 1. The molecule has 1 fully saturated rings. The first-order valence-electron chi connectivity index (χ1n) is 11.5. The van der Waals surface area contributed by atoms with Crippen molar-refractivity contribution in [2.75, 3.05) is 32.5 Å². The Morgan fingerprint density at radius 1 is 1.33 bits per heavy atom. The summed E-state index contributed by atoms with van der Waals surface area (Å²) in [5.41, 5.74) is -0.655. The molecule has 0 bridgehead atoms. The fourth-order valence-corrected chi connectivity index (χ4v) is 5.47. The summed E-state index contributed by atoms with van der Waals surface area (Å²) in [6.07, 6.45) is 2.14. The minimum Gasteiger partial charge on any atom is -0.481 e.